The van der Waals surface area contributed by atoms with E-state index in [2.05, 4.69) is 98.7 Å². The van der Waals surface area contributed by atoms with E-state index in [1.807, 2.05) is 41.0 Å². The molecule has 2 amide bonds. The van der Waals surface area contributed by atoms with E-state index in [0.29, 0.717) is 80.7 Å². The van der Waals surface area contributed by atoms with Crippen LogP contribution in [0.2, 0.25) is 0 Å². The summed E-state index contributed by atoms with van der Waals surface area (Å²) in [5, 5.41) is 36.2. The average Bonchev–Trinajstić information content (AvgIpc) is 1.63. The van der Waals surface area contributed by atoms with E-state index < -0.39 is 151 Å². The monoisotopic (exact) mass is 2170 g/mol. The first-order valence-electron chi connectivity index (χ1n) is 41.9. The van der Waals surface area contributed by atoms with Crippen LogP contribution in [-0.2, 0) is 82.4 Å². The third-order valence-corrected chi connectivity index (χ3v) is 29.1. The highest BCUT2D eigenvalue weighted by atomic mass is 127. The van der Waals surface area contributed by atoms with Gasteiger partial charge in [-0.3, -0.25) is 38.2 Å². The molecular weight excluding hydrogens is 2080 g/mol. The zero-order valence-electron chi connectivity index (χ0n) is 72.6. The summed E-state index contributed by atoms with van der Waals surface area (Å²) in [5.74, 6) is -1.01. The van der Waals surface area contributed by atoms with E-state index in [9.17, 15) is 71.7 Å². The molecule has 0 spiro atoms. The molecule has 11 heterocycles. The van der Waals surface area contributed by atoms with Crippen molar-refractivity contribution in [3.8, 4) is 0 Å². The number of aromatic nitrogens is 14. The summed E-state index contributed by atoms with van der Waals surface area (Å²) in [6.45, 7) is 0.839. The minimum absolute atomic E-state index is 0.00435. The zero-order chi connectivity index (χ0) is 97.9. The number of fused-ring (bicyclic) bond motifs is 2. The SMILES string of the molecule is CNC(=O)[C@H]1O[C@@H](n2cnc3c(NCc4cccc(I)c4)ncnc32)[C@H](OC(=O)OCCSSCCOC(=O)OCC2OC(n3ccc(N)nc3=O)C(F)(F)C2O)[C@@H]1O.Cc1cn([C@H]2C[C@@H](N=[N+]=[N-])[C@@H](COC(=O)OCCSSCCOC(=O)OC[C@@H]3OC(n4ccc(NC(=O)OCCSSCCOC(=O)OC[C@@H]5C=C[C@H](n6cnc7c(NC8CC8)nc(N)nc76)C5)nc4=O)CS3)O2)c(=O)[nH]c1=O. The first-order valence-corrected chi connectivity index (χ1v) is 51.5. The number of alkyl halides is 2. The number of nitrogens with two attached hydrogens (primary N) is 2. The number of aromatic amines is 1. The van der Waals surface area contributed by atoms with E-state index in [1.165, 1.54) is 135 Å². The average molecular weight is 2180 g/mol. The Kier molecular flexibility index (Phi) is 38.3. The molecule has 7 aromatic heterocycles. The fourth-order valence-corrected chi connectivity index (χ4v) is 20.2. The number of hydrogen-bond acceptors (Lipinski definition) is 48. The molecule has 6 aliphatic rings. The molecule has 14 rings (SSSR count). The van der Waals surface area contributed by atoms with Crippen molar-refractivity contribution in [2.75, 3.05) is 141 Å². The Morgan fingerprint density at radius 1 is 0.667 bits per heavy atom. The minimum atomic E-state index is -3.92. The Hall–Kier alpha value is -11.1. The Morgan fingerprint density at radius 2 is 1.28 bits per heavy atom. The van der Waals surface area contributed by atoms with Gasteiger partial charge >= 0.3 is 59.9 Å². The van der Waals surface area contributed by atoms with E-state index in [1.54, 1.807) is 6.33 Å². The fraction of sp³-hybridized carbons (Fsp3) is 0.519. The Balaban J connectivity index is 0.000000243. The zero-order valence-corrected chi connectivity index (χ0v) is 80.5. The number of nitrogens with zero attached hydrogens (tertiary/aromatic N) is 16. The molecule has 5 fully saturated rings. The number of anilines is 5. The first kappa shape index (κ1) is 104. The third kappa shape index (κ3) is 29.1. The van der Waals surface area contributed by atoms with E-state index in [0.717, 1.165) is 34.2 Å². The number of ether oxygens (including phenoxy) is 15. The van der Waals surface area contributed by atoms with Crippen LogP contribution >= 0.6 is 99.1 Å². The van der Waals surface area contributed by atoms with Crippen molar-refractivity contribution in [3.05, 3.63) is 153 Å². The number of aliphatic hydroxyl groups excluding tert-OH is 2. The van der Waals surface area contributed by atoms with Crippen molar-refractivity contribution in [1.29, 1.82) is 0 Å². The molecule has 744 valence electrons. The van der Waals surface area contributed by atoms with Gasteiger partial charge in [-0.1, -0.05) is 94.2 Å². The lowest BCUT2D eigenvalue weighted by Crippen LogP contribution is -2.42. The lowest BCUT2D eigenvalue weighted by Gasteiger charge is -2.21. The number of aryl methyl sites for hydroxylation is 1. The molecule has 2 aliphatic carbocycles. The third-order valence-electron chi connectivity index (χ3n) is 20.3. The Labute approximate surface area is 819 Å². The number of hydrogen-bond donors (Lipinski definition) is 9. The summed E-state index contributed by atoms with van der Waals surface area (Å²) in [6.07, 6.45) is -5.07. The van der Waals surface area contributed by atoms with Crippen molar-refractivity contribution in [1.82, 2.24) is 73.0 Å². The van der Waals surface area contributed by atoms with Gasteiger partial charge in [0.2, 0.25) is 12.2 Å². The van der Waals surface area contributed by atoms with Crippen LogP contribution in [0.4, 0.5) is 66.8 Å². The van der Waals surface area contributed by atoms with Gasteiger partial charge in [0.25, 0.3) is 11.5 Å². The van der Waals surface area contributed by atoms with Gasteiger partial charge in [-0.15, -0.1) is 11.8 Å². The van der Waals surface area contributed by atoms with Gasteiger partial charge in [-0.05, 0) is 84.1 Å². The van der Waals surface area contributed by atoms with Gasteiger partial charge in [0.1, 0.15) is 120 Å². The molecule has 1 saturated carbocycles. The number of halogens is 3. The number of nitrogen functional groups attached to an aromatic ring is 2. The number of azide groups is 1. The van der Waals surface area contributed by atoms with Crippen molar-refractivity contribution in [3.63, 3.8) is 0 Å². The number of benzene rings is 1. The number of amides is 2. The maximum atomic E-state index is 14.7. The van der Waals surface area contributed by atoms with E-state index in [-0.39, 0.29) is 118 Å². The van der Waals surface area contributed by atoms with Gasteiger partial charge in [0, 0.05) is 105 Å². The van der Waals surface area contributed by atoms with Crippen LogP contribution in [0.1, 0.15) is 67.8 Å². The lowest BCUT2D eigenvalue weighted by atomic mass is 10.1. The van der Waals surface area contributed by atoms with Crippen molar-refractivity contribution in [2.45, 2.75) is 130 Å². The van der Waals surface area contributed by atoms with Gasteiger partial charge in [0.15, 0.2) is 58.5 Å². The molecule has 0 bridgehead atoms. The highest BCUT2D eigenvalue weighted by Gasteiger charge is 2.60. The summed E-state index contributed by atoms with van der Waals surface area (Å²) in [6, 6.07) is 10.0. The summed E-state index contributed by atoms with van der Waals surface area (Å²) < 4.78 is 116. The number of rotatable bonds is 43. The summed E-state index contributed by atoms with van der Waals surface area (Å²) in [7, 11) is 9.42. The number of aliphatic hydroxyl groups is 2. The molecule has 14 atom stereocenters. The second-order valence-electron chi connectivity index (χ2n) is 29.9. The van der Waals surface area contributed by atoms with Gasteiger partial charge in [-0.2, -0.15) is 28.7 Å². The quantitative estimate of drug-likeness (QED) is 0.00207. The summed E-state index contributed by atoms with van der Waals surface area (Å²) >= 11 is 3.54. The lowest BCUT2D eigenvalue weighted by molar-refractivity contribution is -0.141. The van der Waals surface area contributed by atoms with Gasteiger partial charge < -0.3 is 113 Å². The molecule has 1 aromatic carbocycles. The minimum Gasteiger partial charge on any atom is -0.448 e. The van der Waals surface area contributed by atoms with Gasteiger partial charge in [-0.25, -0.2) is 63.1 Å². The molecule has 138 heavy (non-hydrogen) atoms. The number of thioether (sulfide) groups is 1. The Bertz CT molecular complexity index is 5930. The Morgan fingerprint density at radius 3 is 1.92 bits per heavy atom. The van der Waals surface area contributed by atoms with Gasteiger partial charge in [0.05, 0.1) is 24.7 Å². The molecule has 4 unspecified atom stereocenters. The highest BCUT2D eigenvalue weighted by molar-refractivity contribution is 14.1. The molecule has 4 aliphatic heterocycles. The van der Waals surface area contributed by atoms with Crippen LogP contribution in [0, 0.1) is 16.4 Å². The first-order chi connectivity index (χ1) is 66.6. The smallest absolute Gasteiger partial charge is 0.448 e. The fourth-order valence-electron chi connectivity index (χ4n) is 13.6. The molecule has 51 nitrogen and oxygen atoms in total. The molecule has 4 saturated heterocycles. The second kappa shape index (κ2) is 50.7. The van der Waals surface area contributed by atoms with Crippen LogP contribution in [0.15, 0.2) is 110 Å². The highest BCUT2D eigenvalue weighted by Crippen LogP contribution is 2.44. The number of likely N-dealkylation sites (N-methyl/N-ethyl adjacent to an activating group) is 1. The number of nitrogens with one attached hydrogen (secondary N) is 5. The summed E-state index contributed by atoms with van der Waals surface area (Å²) in [4.78, 5) is 174. The largest absolute Gasteiger partial charge is 0.508 e. The molecule has 11 N–H and O–H groups in total. The molecule has 8 aromatic rings. The summed E-state index contributed by atoms with van der Waals surface area (Å²) in [5.41, 5.74) is 20.0. The maximum absolute atomic E-state index is 14.7. The predicted octanol–water partition coefficient (Wildman–Crippen LogP) is 7.38. The van der Waals surface area contributed by atoms with Crippen LogP contribution < -0.4 is 55.4 Å². The molecular formula is C77H90F2IN23O28S7. The normalized spacial score (nSPS) is 22.2. The predicted molar refractivity (Wildman–Crippen MR) is 504 cm³/mol. The number of carbonyl (C=O) groups excluding carboxylic acids is 7. The van der Waals surface area contributed by atoms with E-state index in [4.69, 9.17) is 88.1 Å². The number of carbonyl (C=O) groups is 7. The second-order valence-corrected chi connectivity index (χ2v) is 40.4. The number of allylic oxidation sites excluding steroid dienone is 1. The molecule has 61 heteroatoms. The van der Waals surface area contributed by atoms with Crippen LogP contribution in [0.5, 0.6) is 0 Å². The van der Waals surface area contributed by atoms with Crippen LogP contribution in [0.25, 0.3) is 32.8 Å². The van der Waals surface area contributed by atoms with E-state index >= 15 is 0 Å². The van der Waals surface area contributed by atoms with Crippen molar-refractivity contribution >= 4 is 193 Å². The molecule has 0 radical (unpaired) electrons. The standard InChI is InChI=1S/C44H54N14O16S5.C33H36F2IN9O12S2/c1-24-18-57(40(61)53-37(24)59)31-17-28(54-55-46)29(73-31)20-71-43(64)68-10-14-78-79-15-11-69-44(65)72-21-33-74-32(22-75-33)56-7-6-30(49-39(56)60)50-41(62)66-8-12-76-77-13-9-67-42(63)70-19-25-2-5-27(16-25)58-23-47-34-35(48-26-3-4-26)51-38(45)52-36(34)58;1-38-27(48)22-21(46)23(28(56-22)45-15-42-20-25(40-14-41-26(20)45)39-12-16-3-2-4-17(36)11-16)57-32(51)53-8-10-59-58-9-7-52-31(50)54-13-18-24(47)33(34,35)29(55-18)44-6-5-19(37)43-30(44)49/h2,5-7,18,23,25-29,31-33H,3-4,8-17,19-22H2,1H3,(H,53,59,61)(H3,45,48,51,52)(H,49,50,60,62);2-6,11,14-15,18,21-24,28-29,46-47H,7-10,12-13H2,1H3,(H,38,48)(H2,37,43,49)(H,39,40,41)/t25-,27+,28-,29-,31-,32?,33-;18?,21-,22+,23-,24?,28-,29?/m11/s1. The van der Waals surface area contributed by atoms with Crippen LogP contribution in [-0.4, -0.2) is 294 Å². The van der Waals surface area contributed by atoms with Crippen molar-refractivity contribution in [2.24, 2.45) is 11.0 Å². The maximum Gasteiger partial charge on any atom is 0.508 e. The topological polar surface area (TPSA) is 659 Å². The van der Waals surface area contributed by atoms with Crippen LogP contribution in [0.3, 0.4) is 0 Å². The van der Waals surface area contributed by atoms with Crippen molar-refractivity contribution < 1.29 is 124 Å². The number of H-pyrrole nitrogens is 1. The number of imidazole rings is 2.